The van der Waals surface area contributed by atoms with Crippen molar-refractivity contribution in [1.29, 1.82) is 0 Å². The van der Waals surface area contributed by atoms with Crippen molar-refractivity contribution in [3.63, 3.8) is 0 Å². The molecule has 104 valence electrons. The van der Waals surface area contributed by atoms with E-state index in [-0.39, 0.29) is 24.0 Å². The fraction of sp³-hybridized carbons (Fsp3) is 0.583. The van der Waals surface area contributed by atoms with Crippen molar-refractivity contribution in [3.05, 3.63) is 24.0 Å². The first-order chi connectivity index (χ1) is 8.26. The number of nitrogens with zero attached hydrogens (tertiary/aromatic N) is 2. The van der Waals surface area contributed by atoms with E-state index >= 15 is 0 Å². The molecule has 0 radical (unpaired) electrons. The lowest BCUT2D eigenvalue weighted by Crippen LogP contribution is -2.37. The van der Waals surface area contributed by atoms with Gasteiger partial charge in [-0.1, -0.05) is 0 Å². The van der Waals surface area contributed by atoms with Crippen LogP contribution in [0.15, 0.2) is 23.5 Å². The summed E-state index contributed by atoms with van der Waals surface area (Å²) in [5.74, 6) is 2.05. The smallest absolute Gasteiger partial charge is 0.191 e. The number of hydrogen-bond donors (Lipinski definition) is 2. The Morgan fingerprint density at radius 1 is 1.44 bits per heavy atom. The fourth-order valence-corrected chi connectivity index (χ4v) is 1.93. The third-order valence-electron chi connectivity index (χ3n) is 2.39. The Bertz CT molecular complexity index is 352. The molecule has 1 aromatic rings. The molecule has 0 aromatic carbocycles. The molecule has 0 atom stereocenters. The highest BCUT2D eigenvalue weighted by Gasteiger charge is 1.98. The molecule has 1 rings (SSSR count). The number of hydrogen-bond acceptors (Lipinski definition) is 2. The van der Waals surface area contributed by atoms with E-state index in [1.54, 1.807) is 7.05 Å². The number of nitrogens with one attached hydrogen (secondary N) is 2. The van der Waals surface area contributed by atoms with Crippen LogP contribution in [-0.2, 0) is 13.6 Å². The molecule has 6 heteroatoms. The van der Waals surface area contributed by atoms with Crippen LogP contribution in [0.1, 0.15) is 12.0 Å². The van der Waals surface area contributed by atoms with Gasteiger partial charge in [-0.15, -0.1) is 24.0 Å². The van der Waals surface area contributed by atoms with Crippen LogP contribution in [0.5, 0.6) is 0 Å². The summed E-state index contributed by atoms with van der Waals surface area (Å²) in [5.41, 5.74) is 1.26. The topological polar surface area (TPSA) is 41.4 Å². The van der Waals surface area contributed by atoms with Crippen molar-refractivity contribution >= 4 is 41.7 Å². The van der Waals surface area contributed by atoms with Gasteiger partial charge in [0.15, 0.2) is 5.96 Å². The van der Waals surface area contributed by atoms with Crippen LogP contribution in [0.3, 0.4) is 0 Å². The molecule has 18 heavy (non-hydrogen) atoms. The number of halogens is 1. The number of aromatic nitrogens is 1. The maximum Gasteiger partial charge on any atom is 0.191 e. The summed E-state index contributed by atoms with van der Waals surface area (Å²) in [5, 5.41) is 6.59. The van der Waals surface area contributed by atoms with E-state index in [4.69, 9.17) is 0 Å². The lowest BCUT2D eigenvalue weighted by molar-refractivity contribution is 0.784. The molecule has 2 N–H and O–H groups in total. The predicted octanol–water partition coefficient (Wildman–Crippen LogP) is 2.06. The average molecular weight is 382 g/mol. The van der Waals surface area contributed by atoms with Crippen molar-refractivity contribution < 1.29 is 0 Å². The van der Waals surface area contributed by atoms with Crippen molar-refractivity contribution in [2.24, 2.45) is 12.0 Å². The van der Waals surface area contributed by atoms with Gasteiger partial charge < -0.3 is 15.2 Å². The number of thioether (sulfide) groups is 1. The van der Waals surface area contributed by atoms with E-state index in [1.807, 2.05) is 29.6 Å². The molecule has 0 spiro atoms. The first-order valence-corrected chi connectivity index (χ1v) is 7.20. The average Bonchev–Trinajstić information content (AvgIpc) is 2.74. The second kappa shape index (κ2) is 10.5. The van der Waals surface area contributed by atoms with Gasteiger partial charge in [-0.3, -0.25) is 4.99 Å². The highest BCUT2D eigenvalue weighted by atomic mass is 127. The molecular formula is C12H23IN4S. The van der Waals surface area contributed by atoms with Crippen LogP contribution in [0, 0.1) is 0 Å². The van der Waals surface area contributed by atoms with E-state index in [2.05, 4.69) is 34.1 Å². The van der Waals surface area contributed by atoms with Gasteiger partial charge in [-0.25, -0.2) is 0 Å². The van der Waals surface area contributed by atoms with Gasteiger partial charge in [0.1, 0.15) is 0 Å². The zero-order chi connectivity index (χ0) is 12.5. The summed E-state index contributed by atoms with van der Waals surface area (Å²) >= 11 is 1.87. The van der Waals surface area contributed by atoms with Crippen molar-refractivity contribution in [2.75, 3.05) is 25.6 Å². The minimum Gasteiger partial charge on any atom is -0.357 e. The summed E-state index contributed by atoms with van der Waals surface area (Å²) in [6.07, 6.45) is 7.44. The molecule has 0 bridgehead atoms. The Balaban J connectivity index is 0.00000289. The van der Waals surface area contributed by atoms with Crippen LogP contribution >= 0.6 is 35.7 Å². The molecule has 4 nitrogen and oxygen atoms in total. The zero-order valence-corrected chi connectivity index (χ0v) is 14.4. The second-order valence-electron chi connectivity index (χ2n) is 3.88. The van der Waals surface area contributed by atoms with Gasteiger partial charge in [0, 0.05) is 39.6 Å². The third kappa shape index (κ3) is 7.15. The monoisotopic (exact) mass is 382 g/mol. The number of rotatable bonds is 6. The molecule has 1 aromatic heterocycles. The molecule has 0 saturated carbocycles. The number of guanidine groups is 1. The summed E-state index contributed by atoms with van der Waals surface area (Å²) < 4.78 is 2.05. The van der Waals surface area contributed by atoms with Gasteiger partial charge in [0.05, 0.1) is 0 Å². The molecule has 0 aliphatic carbocycles. The van der Waals surface area contributed by atoms with Crippen LogP contribution in [-0.4, -0.2) is 36.1 Å². The van der Waals surface area contributed by atoms with Crippen LogP contribution in [0.25, 0.3) is 0 Å². The molecule has 0 amide bonds. The Hall–Kier alpha value is -0.370. The SMILES string of the molecule is CN=C(NCCCSC)NCc1ccn(C)c1.I. The summed E-state index contributed by atoms with van der Waals surface area (Å²) in [4.78, 5) is 4.19. The van der Waals surface area contributed by atoms with Gasteiger partial charge >= 0.3 is 0 Å². The normalized spacial score (nSPS) is 10.9. The fourth-order valence-electron chi connectivity index (χ4n) is 1.50. The van der Waals surface area contributed by atoms with Crippen molar-refractivity contribution in [2.45, 2.75) is 13.0 Å². The first kappa shape index (κ1) is 17.6. The highest BCUT2D eigenvalue weighted by Crippen LogP contribution is 1.98. The van der Waals surface area contributed by atoms with Crippen LogP contribution in [0.4, 0.5) is 0 Å². The maximum absolute atomic E-state index is 4.19. The minimum absolute atomic E-state index is 0. The zero-order valence-electron chi connectivity index (χ0n) is 11.3. The van der Waals surface area contributed by atoms with Gasteiger partial charge in [-0.05, 0) is 30.1 Å². The van der Waals surface area contributed by atoms with Crippen LogP contribution in [0.2, 0.25) is 0 Å². The van der Waals surface area contributed by atoms with Gasteiger partial charge in [-0.2, -0.15) is 11.8 Å². The predicted molar refractivity (Wildman–Crippen MR) is 92.0 cm³/mol. The van der Waals surface area contributed by atoms with E-state index < -0.39 is 0 Å². The number of aryl methyl sites for hydroxylation is 1. The van der Waals surface area contributed by atoms with E-state index in [9.17, 15) is 0 Å². The molecule has 0 aliphatic heterocycles. The molecule has 0 saturated heterocycles. The lowest BCUT2D eigenvalue weighted by atomic mass is 10.3. The Labute approximate surface area is 131 Å². The summed E-state index contributed by atoms with van der Waals surface area (Å²) in [7, 11) is 3.83. The van der Waals surface area contributed by atoms with Gasteiger partial charge in [0.2, 0.25) is 0 Å². The molecule has 0 unspecified atom stereocenters. The van der Waals surface area contributed by atoms with Crippen molar-refractivity contribution in [3.8, 4) is 0 Å². The Morgan fingerprint density at radius 2 is 2.22 bits per heavy atom. The van der Waals surface area contributed by atoms with E-state index in [0.29, 0.717) is 0 Å². The molecular weight excluding hydrogens is 359 g/mol. The van der Waals surface area contributed by atoms with Gasteiger partial charge in [0.25, 0.3) is 0 Å². The Kier molecular flexibility index (Phi) is 10.3. The summed E-state index contributed by atoms with van der Waals surface area (Å²) in [6.45, 7) is 1.78. The van der Waals surface area contributed by atoms with Crippen LogP contribution < -0.4 is 10.6 Å². The second-order valence-corrected chi connectivity index (χ2v) is 4.87. The third-order valence-corrected chi connectivity index (χ3v) is 3.09. The first-order valence-electron chi connectivity index (χ1n) is 5.80. The maximum atomic E-state index is 4.19. The Morgan fingerprint density at radius 3 is 2.78 bits per heavy atom. The number of aliphatic imine (C=N–C) groups is 1. The standard InChI is InChI=1S/C12H22N4S.HI/c1-13-12(14-6-4-8-17-3)15-9-11-5-7-16(2)10-11;/h5,7,10H,4,6,8-9H2,1-3H3,(H2,13,14,15);1H. The summed E-state index contributed by atoms with van der Waals surface area (Å²) in [6, 6.07) is 2.11. The van der Waals surface area contributed by atoms with E-state index in [1.165, 1.54) is 11.3 Å². The lowest BCUT2D eigenvalue weighted by Gasteiger charge is -2.10. The molecule has 0 aliphatic rings. The molecule has 0 fully saturated rings. The molecule has 1 heterocycles. The highest BCUT2D eigenvalue weighted by molar-refractivity contribution is 14.0. The minimum atomic E-state index is 0. The van der Waals surface area contributed by atoms with Crippen molar-refractivity contribution in [1.82, 2.24) is 15.2 Å². The van der Waals surface area contributed by atoms with E-state index in [0.717, 1.165) is 25.5 Å². The quantitative estimate of drug-likeness (QED) is 0.343. The largest absolute Gasteiger partial charge is 0.357 e.